The number of carbonyl (C=O) groups is 1. The molecule has 34 heavy (non-hydrogen) atoms. The Morgan fingerprint density at radius 1 is 1.26 bits per heavy atom. The zero-order valence-corrected chi connectivity index (χ0v) is 19.7. The number of halogens is 1. The second-order valence-corrected chi connectivity index (χ2v) is 8.17. The van der Waals surface area contributed by atoms with Gasteiger partial charge in [-0.1, -0.05) is 24.2 Å². The number of anilines is 2. The van der Waals surface area contributed by atoms with Gasteiger partial charge in [-0.15, -0.1) is 0 Å². The smallest absolute Gasteiger partial charge is 0.318 e. The summed E-state index contributed by atoms with van der Waals surface area (Å²) >= 11 is 6.33. The van der Waals surface area contributed by atoms with Crippen LogP contribution < -0.4 is 20.1 Å². The molecule has 1 aromatic heterocycles. The van der Waals surface area contributed by atoms with Crippen LogP contribution in [0.1, 0.15) is 11.1 Å². The number of rotatable bonds is 6. The highest BCUT2D eigenvalue weighted by Crippen LogP contribution is 2.39. The van der Waals surface area contributed by atoms with Crippen molar-refractivity contribution in [1.29, 1.82) is 5.41 Å². The van der Waals surface area contributed by atoms with Gasteiger partial charge in [-0.2, -0.15) is 9.97 Å². The van der Waals surface area contributed by atoms with Crippen LogP contribution in [0.15, 0.2) is 36.9 Å². The van der Waals surface area contributed by atoms with Crippen molar-refractivity contribution in [2.24, 2.45) is 0 Å². The van der Waals surface area contributed by atoms with Crippen LogP contribution in [0.25, 0.3) is 10.9 Å². The first-order valence-corrected chi connectivity index (χ1v) is 11.0. The van der Waals surface area contributed by atoms with E-state index in [0.717, 1.165) is 11.6 Å². The average molecular weight is 481 g/mol. The van der Waals surface area contributed by atoms with Crippen LogP contribution in [0.2, 0.25) is 5.02 Å². The van der Waals surface area contributed by atoms with E-state index < -0.39 is 0 Å². The third kappa shape index (κ3) is 4.22. The molecule has 3 N–H and O–H groups in total. The lowest BCUT2D eigenvalue weighted by Gasteiger charge is -2.35. The molecule has 0 atom stereocenters. The van der Waals surface area contributed by atoms with Gasteiger partial charge in [0.25, 0.3) is 0 Å². The Hall–Kier alpha value is -3.85. The van der Waals surface area contributed by atoms with Crippen molar-refractivity contribution in [1.82, 2.24) is 14.9 Å². The summed E-state index contributed by atoms with van der Waals surface area (Å²) in [4.78, 5) is 25.0. The molecule has 0 radical (unpaired) electrons. The van der Waals surface area contributed by atoms with Crippen LogP contribution >= 0.6 is 11.6 Å². The van der Waals surface area contributed by atoms with Gasteiger partial charge in [-0.05, 0) is 31.2 Å². The van der Waals surface area contributed by atoms with Crippen LogP contribution in [0.3, 0.4) is 0 Å². The molecule has 9 nitrogen and oxygen atoms in total. The highest BCUT2D eigenvalue weighted by atomic mass is 35.5. The topological polar surface area (TPSA) is 118 Å². The third-order valence-corrected chi connectivity index (χ3v) is 6.18. The molecule has 1 aliphatic rings. The van der Waals surface area contributed by atoms with Gasteiger partial charge in [0.15, 0.2) is 5.75 Å². The molecule has 1 amide bonds. The zero-order valence-electron chi connectivity index (χ0n) is 19.0. The van der Waals surface area contributed by atoms with Gasteiger partial charge in [0.1, 0.15) is 17.1 Å². The summed E-state index contributed by atoms with van der Waals surface area (Å²) in [6.07, 6.45) is 2.47. The van der Waals surface area contributed by atoms with Gasteiger partial charge in [0, 0.05) is 54.1 Å². The quantitative estimate of drug-likeness (QED) is 0.313. The summed E-state index contributed by atoms with van der Waals surface area (Å²) in [5.74, 6) is 1.45. The number of nitrogens with zero attached hydrogens (tertiary/aromatic N) is 4. The van der Waals surface area contributed by atoms with Crippen molar-refractivity contribution in [3.05, 3.63) is 53.1 Å². The van der Waals surface area contributed by atoms with Crippen molar-refractivity contribution >= 4 is 46.1 Å². The molecule has 0 saturated carbocycles. The van der Waals surface area contributed by atoms with E-state index in [4.69, 9.17) is 32.2 Å². The SMILES string of the molecule is C=CC(=O)N1CCN(c2nc(OC)nc3c(Oc4c(C)c(Cl)cc(N)c4C=N)cccc23)CC1. The number of ether oxygens (including phenoxy) is 2. The summed E-state index contributed by atoms with van der Waals surface area (Å²) in [5.41, 5.74) is 8.06. The molecule has 1 aliphatic heterocycles. The van der Waals surface area contributed by atoms with E-state index >= 15 is 0 Å². The molecule has 0 spiro atoms. The summed E-state index contributed by atoms with van der Waals surface area (Å²) < 4.78 is 11.7. The van der Waals surface area contributed by atoms with Gasteiger partial charge in [-0.25, -0.2) is 0 Å². The Kier molecular flexibility index (Phi) is 6.56. The minimum Gasteiger partial charge on any atom is -0.467 e. The van der Waals surface area contributed by atoms with Gasteiger partial charge in [-0.3, -0.25) is 4.79 Å². The molecule has 2 heterocycles. The highest BCUT2D eigenvalue weighted by Gasteiger charge is 2.24. The Morgan fingerprint density at radius 2 is 2.00 bits per heavy atom. The van der Waals surface area contributed by atoms with Crippen LogP contribution in [-0.4, -0.2) is 60.3 Å². The zero-order chi connectivity index (χ0) is 24.4. The Morgan fingerprint density at radius 3 is 2.65 bits per heavy atom. The van der Waals surface area contributed by atoms with E-state index in [1.54, 1.807) is 24.0 Å². The van der Waals surface area contributed by atoms with Crippen molar-refractivity contribution in [3.8, 4) is 17.5 Å². The first-order valence-electron chi connectivity index (χ1n) is 10.7. The number of methoxy groups -OCH3 is 1. The summed E-state index contributed by atoms with van der Waals surface area (Å²) in [7, 11) is 1.50. The minimum absolute atomic E-state index is 0.0846. The van der Waals surface area contributed by atoms with Crippen molar-refractivity contribution in [2.75, 3.05) is 43.9 Å². The molecule has 10 heteroatoms. The maximum Gasteiger partial charge on any atom is 0.318 e. The number of nitrogens with two attached hydrogens (primary N) is 1. The molecule has 0 bridgehead atoms. The number of hydrogen-bond acceptors (Lipinski definition) is 8. The maximum absolute atomic E-state index is 12.0. The molecule has 1 fully saturated rings. The van der Waals surface area contributed by atoms with Gasteiger partial charge < -0.3 is 30.4 Å². The molecule has 0 unspecified atom stereocenters. The van der Waals surface area contributed by atoms with Crippen molar-refractivity contribution < 1.29 is 14.3 Å². The van der Waals surface area contributed by atoms with Gasteiger partial charge in [0.2, 0.25) is 5.91 Å². The molecule has 2 aromatic carbocycles. The largest absolute Gasteiger partial charge is 0.467 e. The summed E-state index contributed by atoms with van der Waals surface area (Å²) in [6.45, 7) is 7.68. The molecular weight excluding hydrogens is 456 g/mol. The average Bonchev–Trinajstić information content (AvgIpc) is 2.86. The minimum atomic E-state index is -0.0846. The normalized spacial score (nSPS) is 13.6. The number of aromatic nitrogens is 2. The number of fused-ring (bicyclic) bond motifs is 1. The predicted molar refractivity (Wildman–Crippen MR) is 134 cm³/mol. The first kappa shape index (κ1) is 23.3. The fourth-order valence-electron chi connectivity index (χ4n) is 3.93. The van der Waals surface area contributed by atoms with Crippen LogP contribution in [0.5, 0.6) is 17.5 Å². The number of piperazine rings is 1. The number of nitrogen functional groups attached to an aromatic ring is 1. The lowest BCUT2D eigenvalue weighted by molar-refractivity contribution is -0.126. The molecule has 176 valence electrons. The van der Waals surface area contributed by atoms with Crippen LogP contribution in [-0.2, 0) is 4.79 Å². The van der Waals surface area contributed by atoms with Gasteiger partial charge >= 0.3 is 6.01 Å². The Labute approximate surface area is 202 Å². The molecule has 1 saturated heterocycles. The molecular formula is C24H25ClN6O3. The molecule has 0 aliphatic carbocycles. The van der Waals surface area contributed by atoms with E-state index in [0.29, 0.717) is 70.8 Å². The van der Waals surface area contributed by atoms with Crippen LogP contribution in [0.4, 0.5) is 11.5 Å². The fourth-order valence-corrected chi connectivity index (χ4v) is 4.13. The van der Waals surface area contributed by atoms with E-state index in [1.165, 1.54) is 13.2 Å². The van der Waals surface area contributed by atoms with Crippen LogP contribution in [0, 0.1) is 12.3 Å². The molecule has 4 rings (SSSR count). The molecule has 3 aromatic rings. The van der Waals surface area contributed by atoms with E-state index in [-0.39, 0.29) is 11.9 Å². The maximum atomic E-state index is 12.0. The predicted octanol–water partition coefficient (Wildman–Crippen LogP) is 3.81. The monoisotopic (exact) mass is 480 g/mol. The second-order valence-electron chi connectivity index (χ2n) is 7.76. The Balaban J connectivity index is 1.78. The Bertz CT molecular complexity index is 1290. The number of hydrogen-bond donors (Lipinski definition) is 2. The number of amides is 1. The number of nitrogens with one attached hydrogen (secondary N) is 1. The van der Waals surface area contributed by atoms with E-state index in [9.17, 15) is 4.79 Å². The van der Waals surface area contributed by atoms with E-state index in [2.05, 4.69) is 21.4 Å². The summed E-state index contributed by atoms with van der Waals surface area (Å²) in [5, 5.41) is 9.01. The number of carbonyl (C=O) groups excluding carboxylic acids is 1. The van der Waals surface area contributed by atoms with Crippen molar-refractivity contribution in [2.45, 2.75) is 6.92 Å². The third-order valence-electron chi connectivity index (χ3n) is 5.79. The fraction of sp³-hybridized carbons (Fsp3) is 0.250. The number of para-hydroxylation sites is 1. The van der Waals surface area contributed by atoms with E-state index in [1.807, 2.05) is 12.1 Å². The second kappa shape index (κ2) is 9.56. The lowest BCUT2D eigenvalue weighted by Crippen LogP contribution is -2.48. The lowest BCUT2D eigenvalue weighted by atomic mass is 10.1. The van der Waals surface area contributed by atoms with Crippen molar-refractivity contribution in [3.63, 3.8) is 0 Å². The standard InChI is InChI=1S/C24H25ClN6O3/c1-4-20(32)30-8-10-31(11-9-30)23-15-6-5-7-19(21(15)28-24(29-23)33-3)34-22-14(2)17(25)12-18(27)16(22)13-26/h4-7,12-13,26H,1,8-11,27H2,2-3H3. The summed E-state index contributed by atoms with van der Waals surface area (Å²) in [6, 6.07) is 7.34. The number of benzene rings is 2. The van der Waals surface area contributed by atoms with Gasteiger partial charge in [0.05, 0.1) is 12.7 Å². The highest BCUT2D eigenvalue weighted by molar-refractivity contribution is 6.32. The first-order chi connectivity index (χ1) is 16.4.